The molecule has 1 heterocycles. The second-order valence-corrected chi connectivity index (χ2v) is 7.58. The molecule has 25 heavy (non-hydrogen) atoms. The number of hydrogen-bond donors (Lipinski definition) is 1. The predicted octanol–water partition coefficient (Wildman–Crippen LogP) is 5.41. The van der Waals surface area contributed by atoms with Gasteiger partial charge in [0, 0.05) is 27.0 Å². The number of hydrogen-bond acceptors (Lipinski definition) is 4. The Kier molecular flexibility index (Phi) is 5.73. The van der Waals surface area contributed by atoms with Crippen molar-refractivity contribution in [1.82, 2.24) is 4.98 Å². The lowest BCUT2D eigenvalue weighted by Crippen LogP contribution is -2.12. The van der Waals surface area contributed by atoms with Gasteiger partial charge in [-0.2, -0.15) is 0 Å². The highest BCUT2D eigenvalue weighted by Crippen LogP contribution is 2.27. The minimum atomic E-state index is -0.246. The summed E-state index contributed by atoms with van der Waals surface area (Å²) in [5.74, 6) is 0.372. The summed E-state index contributed by atoms with van der Waals surface area (Å²) in [5.41, 5.74) is 1.52. The van der Waals surface area contributed by atoms with Crippen molar-refractivity contribution >= 4 is 49.9 Å². The molecule has 0 saturated carbocycles. The number of ether oxygens (including phenoxy) is 1. The lowest BCUT2D eigenvalue weighted by Gasteiger charge is -2.06. The van der Waals surface area contributed by atoms with E-state index in [9.17, 15) is 4.79 Å². The van der Waals surface area contributed by atoms with Crippen molar-refractivity contribution in [1.29, 1.82) is 0 Å². The first-order valence-electron chi connectivity index (χ1n) is 7.40. The number of nitrogens with zero attached hydrogens (tertiary/aromatic N) is 1. The van der Waals surface area contributed by atoms with Gasteiger partial charge in [-0.15, -0.1) is 11.3 Å². The van der Waals surface area contributed by atoms with Crippen LogP contribution in [0, 0.1) is 0 Å². The Morgan fingerprint density at radius 1 is 1.32 bits per heavy atom. The maximum absolute atomic E-state index is 12.5. The number of thiazole rings is 1. The van der Waals surface area contributed by atoms with Crippen LogP contribution in [0.5, 0.6) is 5.75 Å². The number of halogens is 2. The van der Waals surface area contributed by atoms with Crippen LogP contribution < -0.4 is 10.1 Å². The molecule has 0 radical (unpaired) electrons. The van der Waals surface area contributed by atoms with E-state index in [0.717, 1.165) is 15.5 Å². The van der Waals surface area contributed by atoms with Crippen LogP contribution in [0.4, 0.5) is 5.13 Å². The largest absolute Gasteiger partial charge is 0.497 e. The van der Waals surface area contributed by atoms with E-state index in [1.165, 1.54) is 11.3 Å². The first kappa shape index (κ1) is 17.9. The maximum Gasteiger partial charge on any atom is 0.258 e. The summed E-state index contributed by atoms with van der Waals surface area (Å²) < 4.78 is 5.86. The lowest BCUT2D eigenvalue weighted by molar-refractivity contribution is 0.102. The van der Waals surface area contributed by atoms with Gasteiger partial charge in [-0.25, -0.2) is 4.98 Å². The summed E-state index contributed by atoms with van der Waals surface area (Å²) in [6.45, 7) is 0. The zero-order chi connectivity index (χ0) is 17.8. The van der Waals surface area contributed by atoms with Gasteiger partial charge in [0.1, 0.15) is 5.75 Å². The Bertz CT molecular complexity index is 914. The highest BCUT2D eigenvalue weighted by Gasteiger charge is 2.14. The SMILES string of the molecule is COc1ccc(Br)c(C(=O)Nc2ncc(Cc3ccccc3Cl)s2)c1. The van der Waals surface area contributed by atoms with E-state index in [2.05, 4.69) is 26.2 Å². The number of anilines is 1. The fourth-order valence-corrected chi connectivity index (χ4v) is 3.71. The van der Waals surface area contributed by atoms with Gasteiger partial charge in [0.25, 0.3) is 5.91 Å². The number of rotatable bonds is 5. The summed E-state index contributed by atoms with van der Waals surface area (Å²) in [6.07, 6.45) is 2.43. The fourth-order valence-electron chi connectivity index (χ4n) is 2.25. The van der Waals surface area contributed by atoms with Gasteiger partial charge in [0.15, 0.2) is 5.13 Å². The van der Waals surface area contributed by atoms with Crippen LogP contribution in [-0.2, 0) is 6.42 Å². The molecule has 1 aromatic heterocycles. The molecule has 1 N–H and O–H groups in total. The average Bonchev–Trinajstić information content (AvgIpc) is 3.04. The Hall–Kier alpha value is -1.89. The van der Waals surface area contributed by atoms with E-state index >= 15 is 0 Å². The molecule has 3 aromatic rings. The van der Waals surface area contributed by atoms with E-state index in [1.807, 2.05) is 24.3 Å². The molecule has 0 aliphatic heterocycles. The van der Waals surface area contributed by atoms with E-state index < -0.39 is 0 Å². The second-order valence-electron chi connectivity index (χ2n) is 5.20. The molecule has 0 spiro atoms. The summed E-state index contributed by atoms with van der Waals surface area (Å²) >= 11 is 11.0. The summed E-state index contributed by atoms with van der Waals surface area (Å²) in [7, 11) is 1.56. The molecule has 4 nitrogen and oxygen atoms in total. The Morgan fingerprint density at radius 3 is 2.88 bits per heavy atom. The van der Waals surface area contributed by atoms with Crippen molar-refractivity contribution in [3.63, 3.8) is 0 Å². The van der Waals surface area contributed by atoms with Crippen molar-refractivity contribution in [2.45, 2.75) is 6.42 Å². The van der Waals surface area contributed by atoms with Crippen LogP contribution in [0.3, 0.4) is 0 Å². The van der Waals surface area contributed by atoms with Gasteiger partial charge < -0.3 is 4.74 Å². The molecule has 0 aliphatic rings. The van der Waals surface area contributed by atoms with Gasteiger partial charge >= 0.3 is 0 Å². The van der Waals surface area contributed by atoms with Crippen molar-refractivity contribution in [2.75, 3.05) is 12.4 Å². The molecule has 2 aromatic carbocycles. The number of nitrogens with one attached hydrogen (secondary N) is 1. The number of amides is 1. The van der Waals surface area contributed by atoms with E-state index in [4.69, 9.17) is 16.3 Å². The fraction of sp³-hybridized carbons (Fsp3) is 0.111. The molecule has 0 atom stereocenters. The topological polar surface area (TPSA) is 51.2 Å². The van der Waals surface area contributed by atoms with Crippen LogP contribution in [0.25, 0.3) is 0 Å². The van der Waals surface area contributed by atoms with Crippen molar-refractivity contribution in [2.24, 2.45) is 0 Å². The second kappa shape index (κ2) is 7.99. The number of benzene rings is 2. The van der Waals surface area contributed by atoms with Crippen LogP contribution in [0.2, 0.25) is 5.02 Å². The van der Waals surface area contributed by atoms with Gasteiger partial charge in [-0.05, 0) is 45.8 Å². The molecule has 0 saturated heterocycles. The molecular formula is C18H14BrClN2O2S. The average molecular weight is 438 g/mol. The third-order valence-electron chi connectivity index (χ3n) is 3.51. The number of carbonyl (C=O) groups is 1. The van der Waals surface area contributed by atoms with E-state index in [-0.39, 0.29) is 5.91 Å². The lowest BCUT2D eigenvalue weighted by atomic mass is 10.1. The van der Waals surface area contributed by atoms with Crippen LogP contribution in [0.1, 0.15) is 20.8 Å². The number of methoxy groups -OCH3 is 1. The van der Waals surface area contributed by atoms with Gasteiger partial charge in [-0.1, -0.05) is 29.8 Å². The third-order valence-corrected chi connectivity index (χ3v) is 5.49. The molecule has 3 rings (SSSR count). The monoisotopic (exact) mass is 436 g/mol. The third kappa shape index (κ3) is 4.39. The first-order chi connectivity index (χ1) is 12.1. The van der Waals surface area contributed by atoms with Crippen LogP contribution in [-0.4, -0.2) is 18.0 Å². The Balaban J connectivity index is 1.73. The quantitative estimate of drug-likeness (QED) is 0.580. The molecule has 0 fully saturated rings. The number of aromatic nitrogens is 1. The Labute approximate surface area is 162 Å². The minimum absolute atomic E-state index is 0.246. The molecule has 1 amide bonds. The molecule has 7 heteroatoms. The normalized spacial score (nSPS) is 10.5. The van der Waals surface area contributed by atoms with Crippen LogP contribution >= 0.6 is 38.9 Å². The van der Waals surface area contributed by atoms with E-state index in [0.29, 0.717) is 27.3 Å². The smallest absolute Gasteiger partial charge is 0.258 e. The summed E-state index contributed by atoms with van der Waals surface area (Å²) in [5, 5.41) is 4.09. The van der Waals surface area contributed by atoms with Gasteiger partial charge in [-0.3, -0.25) is 10.1 Å². The zero-order valence-electron chi connectivity index (χ0n) is 13.3. The standard InChI is InChI=1S/C18H14BrClN2O2S/c1-24-12-6-7-15(19)14(9-12)17(23)22-18-21-10-13(25-18)8-11-4-2-3-5-16(11)20/h2-7,9-10H,8H2,1H3,(H,21,22,23). The molecule has 0 aliphatic carbocycles. The molecule has 0 bridgehead atoms. The van der Waals surface area contributed by atoms with Crippen molar-refractivity contribution in [3.8, 4) is 5.75 Å². The van der Waals surface area contributed by atoms with Gasteiger partial charge in [0.2, 0.25) is 0 Å². The maximum atomic E-state index is 12.5. The van der Waals surface area contributed by atoms with Gasteiger partial charge in [0.05, 0.1) is 12.7 Å². The minimum Gasteiger partial charge on any atom is -0.497 e. The molecule has 128 valence electrons. The highest BCUT2D eigenvalue weighted by atomic mass is 79.9. The molecule has 0 unspecified atom stereocenters. The summed E-state index contributed by atoms with van der Waals surface area (Å²) in [4.78, 5) is 17.8. The summed E-state index contributed by atoms with van der Waals surface area (Å²) in [6, 6.07) is 12.9. The zero-order valence-corrected chi connectivity index (χ0v) is 16.4. The predicted molar refractivity (Wildman–Crippen MR) is 105 cm³/mol. The number of carbonyl (C=O) groups excluding carboxylic acids is 1. The van der Waals surface area contributed by atoms with Crippen molar-refractivity contribution < 1.29 is 9.53 Å². The molecular weight excluding hydrogens is 424 g/mol. The van der Waals surface area contributed by atoms with Crippen molar-refractivity contribution in [3.05, 3.63) is 74.2 Å². The van der Waals surface area contributed by atoms with E-state index in [1.54, 1.807) is 31.5 Å². The first-order valence-corrected chi connectivity index (χ1v) is 9.38. The Morgan fingerprint density at radius 2 is 2.12 bits per heavy atom. The highest BCUT2D eigenvalue weighted by molar-refractivity contribution is 9.10. The van der Waals surface area contributed by atoms with Crippen LogP contribution in [0.15, 0.2) is 53.1 Å².